The number of fused-ring (bicyclic) bond motifs is 5. The highest BCUT2D eigenvalue weighted by Crippen LogP contribution is 2.51. The van der Waals surface area contributed by atoms with E-state index in [-0.39, 0.29) is 119 Å². The summed E-state index contributed by atoms with van der Waals surface area (Å²) >= 11 is 0. The van der Waals surface area contributed by atoms with Crippen molar-refractivity contribution in [3.63, 3.8) is 0 Å². The minimum absolute atomic E-state index is 0.0215. The minimum Gasteiger partial charge on any atom is -0.458 e. The molecule has 3 aliphatic heterocycles. The first-order chi connectivity index (χ1) is 53.3. The molecule has 2 aromatic heterocycles. The molecule has 600 valence electrons. The van der Waals surface area contributed by atoms with Crippen molar-refractivity contribution >= 4 is 70.8 Å². The molecule has 0 radical (unpaired) electrons. The summed E-state index contributed by atoms with van der Waals surface area (Å²) in [6, 6.07) is 11.9. The van der Waals surface area contributed by atoms with Crippen LogP contribution in [0.5, 0.6) is 0 Å². The summed E-state index contributed by atoms with van der Waals surface area (Å²) in [5.74, 6) is -5.09. The van der Waals surface area contributed by atoms with E-state index < -0.39 is 76.7 Å². The summed E-state index contributed by atoms with van der Waals surface area (Å²) in [5, 5.41) is 28.4. The van der Waals surface area contributed by atoms with Crippen LogP contribution in [0.3, 0.4) is 0 Å². The van der Waals surface area contributed by atoms with Crippen LogP contribution in [0, 0.1) is 30.0 Å². The molecule has 2 aliphatic carbocycles. The van der Waals surface area contributed by atoms with Gasteiger partial charge in [-0.15, -0.1) is 0 Å². The van der Waals surface area contributed by atoms with Gasteiger partial charge in [-0.3, -0.25) is 43.3 Å². The second-order valence-corrected chi connectivity index (χ2v) is 27.8. The van der Waals surface area contributed by atoms with Crippen molar-refractivity contribution in [3.05, 3.63) is 110 Å². The summed E-state index contributed by atoms with van der Waals surface area (Å²) in [5.41, 5.74) is 6.54. The number of nitrogens with two attached hydrogens (primary N) is 1. The maximum atomic E-state index is 16.0. The lowest BCUT2D eigenvalue weighted by Crippen LogP contribution is -2.60. The maximum absolute atomic E-state index is 16.0. The number of ether oxygens (including phenoxy) is 10. The van der Waals surface area contributed by atoms with Crippen LogP contribution in [0.15, 0.2) is 59.4 Å². The zero-order valence-electron chi connectivity index (χ0n) is 62.6. The van der Waals surface area contributed by atoms with Gasteiger partial charge in [0, 0.05) is 79.2 Å². The van der Waals surface area contributed by atoms with Gasteiger partial charge < -0.3 is 104 Å². The van der Waals surface area contributed by atoms with Crippen molar-refractivity contribution in [2.75, 3.05) is 158 Å². The monoisotopic (exact) mass is 1540 g/mol. The van der Waals surface area contributed by atoms with Crippen LogP contribution in [-0.4, -0.2) is 249 Å². The Morgan fingerprint density at radius 2 is 1.33 bits per heavy atom. The molecule has 5 heterocycles. The largest absolute Gasteiger partial charge is 0.458 e. The van der Waals surface area contributed by atoms with Crippen LogP contribution >= 0.6 is 0 Å². The van der Waals surface area contributed by atoms with Gasteiger partial charge >= 0.3 is 5.97 Å². The Hall–Kier alpha value is -8.71. The Morgan fingerprint density at radius 3 is 1.95 bits per heavy atom. The van der Waals surface area contributed by atoms with Gasteiger partial charge in [-0.1, -0.05) is 43.7 Å². The Labute approximate surface area is 636 Å². The number of hydrogen-bond donors (Lipinski definition) is 8. The van der Waals surface area contributed by atoms with E-state index in [1.165, 1.54) is 23.1 Å². The van der Waals surface area contributed by atoms with Crippen molar-refractivity contribution in [1.29, 1.82) is 0 Å². The number of carbonyl (C=O) groups excluding carboxylic acids is 10. The third-order valence-electron chi connectivity index (χ3n) is 20.5. The third kappa shape index (κ3) is 23.2. The fourth-order valence-corrected chi connectivity index (χ4v) is 14.5. The lowest BCUT2D eigenvalue weighted by atomic mass is 9.58. The molecule has 33 heteroatoms. The summed E-state index contributed by atoms with van der Waals surface area (Å²) in [6.45, 7) is 6.95. The molecule has 7 amide bonds. The second kappa shape index (κ2) is 42.6. The van der Waals surface area contributed by atoms with E-state index in [0.717, 1.165) is 34.8 Å². The number of carbonyl (C=O) groups is 10. The molecule has 110 heavy (non-hydrogen) atoms. The predicted molar refractivity (Wildman–Crippen MR) is 393 cm³/mol. The van der Waals surface area contributed by atoms with Crippen LogP contribution in [0.2, 0.25) is 0 Å². The standard InChI is InChI=1S/C77H103FN10O22/c1-3-77(100)60-37-63-72-57(43-88(63)73(98)58(60)44-109-74(77)99)56-35-53(34-55-51(2)61(78)38-62(85-72)71(55)56)59-36-54(15-16-75(59,46-79)48-89)110-50-84-65(92)40-80-47-76(49-90,39-52-10-6-4-7-11-52)86-67(94)42-82-66(93)41-83-68(95)45-108-33-32-107-31-30-106-29-28-105-27-26-104-25-24-103-23-22-102-21-20-101-19-17-81-64(91)12-8-5-9-18-87-69(96)13-14-70(87)97/h4,6-7,10-11,13-14,37-38,48-49,53-54,59,80,100H,3,5,8-9,12,15-36,39-47,50,79H2,1-2H3,(H,81,91)(H,82,93)(H,83,95)(H,84,92)(H,86,94)/t53?,54-,59?,75?,76?,77-/m0/s1. The number of aromatic nitrogens is 2. The summed E-state index contributed by atoms with van der Waals surface area (Å²) in [6.07, 6.45) is 8.02. The number of imide groups is 1. The van der Waals surface area contributed by atoms with Crippen LogP contribution in [0.1, 0.15) is 97.2 Å². The number of benzene rings is 2. The van der Waals surface area contributed by atoms with Gasteiger partial charge in [0.05, 0.1) is 154 Å². The van der Waals surface area contributed by atoms with Gasteiger partial charge in [-0.25, -0.2) is 14.2 Å². The number of halogens is 1. The van der Waals surface area contributed by atoms with Crippen molar-refractivity contribution in [2.24, 2.45) is 23.0 Å². The SMILES string of the molecule is CC[C@@]1(O)C(=O)OCc2c1cc1n(c2=O)Cc2c-1nc1cc(F)c(C)c3c1c2CC(C1C[C@@H](OCNC(=O)CNCC(C=O)(Cc2ccccc2)NC(=O)CNC(=O)CNC(=O)COCCOCCOCCOCCOCCOCCOCCOCCNC(=O)CCCCCN2C(=O)C=CC2=O)CCC1(C=O)CN)C3. The second-order valence-electron chi connectivity index (χ2n) is 27.8. The normalized spacial score (nSPS) is 19.5. The summed E-state index contributed by atoms with van der Waals surface area (Å²) < 4.78 is 73.0. The highest BCUT2D eigenvalue weighted by molar-refractivity contribution is 6.12. The summed E-state index contributed by atoms with van der Waals surface area (Å²) in [4.78, 5) is 147. The molecule has 2 aromatic carbocycles. The number of rotatable bonds is 51. The molecule has 1 fully saturated rings. The van der Waals surface area contributed by atoms with Crippen molar-refractivity contribution in [2.45, 2.75) is 115 Å². The van der Waals surface area contributed by atoms with Gasteiger partial charge in [-0.05, 0) is 98.4 Å². The number of nitrogens with zero attached hydrogens (tertiary/aromatic N) is 3. The first-order valence-corrected chi connectivity index (χ1v) is 37.6. The van der Waals surface area contributed by atoms with Gasteiger partial charge in [0.2, 0.25) is 29.5 Å². The van der Waals surface area contributed by atoms with Crippen molar-refractivity contribution in [1.82, 2.24) is 46.4 Å². The topological polar surface area (TPSA) is 420 Å². The van der Waals surface area contributed by atoms with Crippen LogP contribution in [0.4, 0.5) is 4.39 Å². The van der Waals surface area contributed by atoms with E-state index in [9.17, 15) is 57.8 Å². The fraction of sp³-hybridized carbons (Fsp3) is 0.584. The van der Waals surface area contributed by atoms with Crippen molar-refractivity contribution in [3.8, 4) is 11.4 Å². The molecule has 6 atom stereocenters. The highest BCUT2D eigenvalue weighted by atomic mass is 19.1. The van der Waals surface area contributed by atoms with Crippen LogP contribution in [-0.2, 0) is 133 Å². The smallest absolute Gasteiger partial charge is 0.343 e. The van der Waals surface area contributed by atoms with E-state index in [0.29, 0.717) is 178 Å². The molecule has 5 aliphatic rings. The van der Waals surface area contributed by atoms with Crippen LogP contribution < -0.4 is 43.2 Å². The highest BCUT2D eigenvalue weighted by Gasteiger charge is 2.50. The molecule has 0 spiro atoms. The van der Waals surface area contributed by atoms with Crippen molar-refractivity contribution < 1.29 is 105 Å². The molecular formula is C77H103FN10O22. The molecule has 0 bridgehead atoms. The number of cyclic esters (lactones) is 1. The van der Waals surface area contributed by atoms with E-state index in [1.54, 1.807) is 54.8 Å². The van der Waals surface area contributed by atoms with Gasteiger partial charge in [0.1, 0.15) is 43.9 Å². The predicted octanol–water partition coefficient (Wildman–Crippen LogP) is 0.498. The van der Waals surface area contributed by atoms with Gasteiger partial charge in [0.25, 0.3) is 17.4 Å². The third-order valence-corrected chi connectivity index (χ3v) is 20.5. The molecule has 4 aromatic rings. The lowest BCUT2D eigenvalue weighted by molar-refractivity contribution is -0.172. The molecule has 1 saturated carbocycles. The number of aldehydes is 2. The zero-order chi connectivity index (χ0) is 78.5. The Kier molecular flexibility index (Phi) is 33.1. The van der Waals surface area contributed by atoms with E-state index in [1.807, 2.05) is 0 Å². The number of unbranched alkanes of at least 4 members (excludes halogenated alkanes) is 2. The Balaban J connectivity index is 0.592. The Bertz CT molecular complexity index is 3940. The first kappa shape index (κ1) is 85.3. The number of pyridine rings is 2. The number of amides is 7. The molecule has 9 rings (SSSR count). The summed E-state index contributed by atoms with van der Waals surface area (Å²) in [7, 11) is 0. The molecule has 0 saturated heterocycles. The van der Waals surface area contributed by atoms with Crippen LogP contribution in [0.25, 0.3) is 22.3 Å². The Morgan fingerprint density at radius 1 is 0.718 bits per heavy atom. The molecular weight excluding hydrogens is 1440 g/mol. The average molecular weight is 1540 g/mol. The van der Waals surface area contributed by atoms with E-state index in [4.69, 9.17) is 58.1 Å². The minimum atomic E-state index is -2.04. The zero-order valence-corrected chi connectivity index (χ0v) is 62.6. The van der Waals surface area contributed by atoms with Gasteiger partial charge in [-0.2, -0.15) is 0 Å². The molecule has 32 nitrogen and oxygen atoms in total. The van der Waals surface area contributed by atoms with Gasteiger partial charge in [0.15, 0.2) is 5.60 Å². The van der Waals surface area contributed by atoms with E-state index in [2.05, 4.69) is 31.9 Å². The number of aliphatic hydroxyl groups is 1. The lowest BCUT2D eigenvalue weighted by Gasteiger charge is -2.47. The number of hydrogen-bond acceptors (Lipinski definition) is 25. The average Bonchev–Trinajstić information content (AvgIpc) is 1.49. The molecule has 9 N–H and O–H groups in total. The quantitative estimate of drug-likeness (QED) is 0.00864. The molecule has 4 unspecified atom stereocenters. The fourth-order valence-electron chi connectivity index (χ4n) is 14.5. The number of esters is 1. The van der Waals surface area contributed by atoms with E-state index >= 15 is 4.39 Å². The maximum Gasteiger partial charge on any atom is 0.343 e. The first-order valence-electron chi connectivity index (χ1n) is 37.6. The number of nitrogens with one attached hydrogen (secondary N) is 6.